The third-order valence-corrected chi connectivity index (χ3v) is 4.44. The van der Waals surface area contributed by atoms with Gasteiger partial charge >= 0.3 is 5.97 Å². The van der Waals surface area contributed by atoms with Gasteiger partial charge in [0.25, 0.3) is 0 Å². The SMILES string of the molecule is CCN(CC(C)OC(=O)c1ccc(N)cc1)C1CCCCC1.Cl. The molecule has 4 nitrogen and oxygen atoms in total. The Labute approximate surface area is 145 Å². The zero-order valence-corrected chi connectivity index (χ0v) is 15.0. The maximum atomic E-state index is 12.1. The van der Waals surface area contributed by atoms with Crippen molar-refractivity contribution in [3.63, 3.8) is 0 Å². The van der Waals surface area contributed by atoms with E-state index >= 15 is 0 Å². The van der Waals surface area contributed by atoms with Crippen LogP contribution in [-0.2, 0) is 4.74 Å². The molecule has 0 spiro atoms. The number of hydrogen-bond donors (Lipinski definition) is 1. The Hall–Kier alpha value is -1.26. The second kappa shape index (κ2) is 9.78. The van der Waals surface area contributed by atoms with E-state index in [1.54, 1.807) is 24.3 Å². The highest BCUT2D eigenvalue weighted by molar-refractivity contribution is 5.89. The molecule has 1 atom stereocenters. The first-order chi connectivity index (χ1) is 10.6. The fourth-order valence-corrected chi connectivity index (χ4v) is 3.22. The normalized spacial score (nSPS) is 16.7. The van der Waals surface area contributed by atoms with Crippen molar-refractivity contribution in [3.8, 4) is 0 Å². The Bertz CT molecular complexity index is 472. The van der Waals surface area contributed by atoms with E-state index in [0.29, 0.717) is 17.3 Å². The van der Waals surface area contributed by atoms with Gasteiger partial charge in [0.1, 0.15) is 6.10 Å². The van der Waals surface area contributed by atoms with Crippen molar-refractivity contribution in [2.45, 2.75) is 58.1 Å². The van der Waals surface area contributed by atoms with Crippen molar-refractivity contribution in [1.29, 1.82) is 0 Å². The van der Waals surface area contributed by atoms with Crippen LogP contribution >= 0.6 is 12.4 Å². The van der Waals surface area contributed by atoms with Crippen LogP contribution in [0.25, 0.3) is 0 Å². The van der Waals surface area contributed by atoms with Crippen molar-refractivity contribution in [2.24, 2.45) is 0 Å². The first kappa shape index (κ1) is 19.8. The van der Waals surface area contributed by atoms with Gasteiger partial charge in [0.05, 0.1) is 5.56 Å². The molecule has 0 aliphatic heterocycles. The van der Waals surface area contributed by atoms with Gasteiger partial charge in [0.2, 0.25) is 0 Å². The molecule has 0 amide bonds. The first-order valence-electron chi connectivity index (χ1n) is 8.40. The molecule has 2 N–H and O–H groups in total. The number of ether oxygens (including phenoxy) is 1. The molecule has 0 heterocycles. The number of esters is 1. The van der Waals surface area contributed by atoms with Crippen molar-refractivity contribution in [1.82, 2.24) is 4.90 Å². The molecule has 23 heavy (non-hydrogen) atoms. The molecule has 1 aromatic rings. The minimum atomic E-state index is -0.271. The summed E-state index contributed by atoms with van der Waals surface area (Å²) < 4.78 is 5.58. The minimum absolute atomic E-state index is 0. The number of carbonyl (C=O) groups excluding carboxylic acids is 1. The molecule has 0 bridgehead atoms. The van der Waals surface area contributed by atoms with Gasteiger partial charge in [-0.2, -0.15) is 0 Å². The van der Waals surface area contributed by atoms with Crippen LogP contribution in [0.15, 0.2) is 24.3 Å². The summed E-state index contributed by atoms with van der Waals surface area (Å²) in [7, 11) is 0. The molecular formula is C18H29ClN2O2. The van der Waals surface area contributed by atoms with Gasteiger partial charge in [-0.3, -0.25) is 4.90 Å². The van der Waals surface area contributed by atoms with Crippen LogP contribution in [0, 0.1) is 0 Å². The van der Waals surface area contributed by atoms with Crippen LogP contribution in [0.3, 0.4) is 0 Å². The standard InChI is InChI=1S/C18H28N2O2.ClH/c1-3-20(17-7-5-4-6-8-17)13-14(2)22-18(21)15-9-11-16(19)12-10-15;/h9-12,14,17H,3-8,13,19H2,1-2H3;1H. The first-order valence-corrected chi connectivity index (χ1v) is 8.40. The maximum absolute atomic E-state index is 12.1. The Morgan fingerprint density at radius 1 is 1.26 bits per heavy atom. The van der Waals surface area contributed by atoms with Gasteiger partial charge in [0, 0.05) is 18.3 Å². The van der Waals surface area contributed by atoms with E-state index in [9.17, 15) is 4.79 Å². The van der Waals surface area contributed by atoms with E-state index in [2.05, 4.69) is 11.8 Å². The Kier molecular flexibility index (Phi) is 8.42. The number of hydrogen-bond acceptors (Lipinski definition) is 4. The third-order valence-electron chi connectivity index (χ3n) is 4.44. The average Bonchev–Trinajstić information content (AvgIpc) is 2.54. The number of benzene rings is 1. The summed E-state index contributed by atoms with van der Waals surface area (Å²) in [4.78, 5) is 14.6. The lowest BCUT2D eigenvalue weighted by atomic mass is 9.94. The van der Waals surface area contributed by atoms with E-state index in [1.165, 1.54) is 32.1 Å². The molecule has 0 radical (unpaired) electrons. The van der Waals surface area contributed by atoms with Gasteiger partial charge in [-0.1, -0.05) is 26.2 Å². The van der Waals surface area contributed by atoms with Crippen molar-refractivity contribution in [2.75, 3.05) is 18.8 Å². The number of likely N-dealkylation sites (N-methyl/N-ethyl adjacent to an activating group) is 1. The van der Waals surface area contributed by atoms with Crippen molar-refractivity contribution >= 4 is 24.1 Å². The summed E-state index contributed by atoms with van der Waals surface area (Å²) >= 11 is 0. The molecule has 1 aliphatic rings. The van der Waals surface area contributed by atoms with Gasteiger partial charge in [-0.25, -0.2) is 4.79 Å². The lowest BCUT2D eigenvalue weighted by Gasteiger charge is -2.34. The van der Waals surface area contributed by atoms with E-state index in [4.69, 9.17) is 10.5 Å². The predicted octanol–water partition coefficient (Wildman–Crippen LogP) is 3.89. The molecule has 130 valence electrons. The Morgan fingerprint density at radius 3 is 2.43 bits per heavy atom. The molecule has 1 aliphatic carbocycles. The van der Waals surface area contributed by atoms with Crippen LogP contribution in [0.2, 0.25) is 0 Å². The van der Waals surface area contributed by atoms with Crippen molar-refractivity contribution in [3.05, 3.63) is 29.8 Å². The number of anilines is 1. The Morgan fingerprint density at radius 2 is 1.87 bits per heavy atom. The highest BCUT2D eigenvalue weighted by Crippen LogP contribution is 2.23. The monoisotopic (exact) mass is 340 g/mol. The fourth-order valence-electron chi connectivity index (χ4n) is 3.22. The van der Waals surface area contributed by atoms with Gasteiger partial charge in [-0.15, -0.1) is 12.4 Å². The van der Waals surface area contributed by atoms with E-state index in [1.807, 2.05) is 6.92 Å². The largest absolute Gasteiger partial charge is 0.458 e. The summed E-state index contributed by atoms with van der Waals surface area (Å²) in [6.45, 7) is 5.97. The van der Waals surface area contributed by atoms with E-state index < -0.39 is 0 Å². The molecule has 1 aromatic carbocycles. The third kappa shape index (κ3) is 6.04. The zero-order valence-electron chi connectivity index (χ0n) is 14.2. The maximum Gasteiger partial charge on any atom is 0.338 e. The highest BCUT2D eigenvalue weighted by atomic mass is 35.5. The molecule has 1 fully saturated rings. The highest BCUT2D eigenvalue weighted by Gasteiger charge is 2.22. The number of carbonyl (C=O) groups is 1. The quantitative estimate of drug-likeness (QED) is 0.630. The minimum Gasteiger partial charge on any atom is -0.458 e. The van der Waals surface area contributed by atoms with Gasteiger partial charge in [0.15, 0.2) is 0 Å². The summed E-state index contributed by atoms with van der Waals surface area (Å²) in [5, 5.41) is 0. The smallest absolute Gasteiger partial charge is 0.338 e. The number of rotatable bonds is 6. The Balaban J connectivity index is 0.00000264. The molecule has 1 saturated carbocycles. The van der Waals surface area contributed by atoms with Gasteiger partial charge < -0.3 is 10.5 Å². The molecule has 5 heteroatoms. The molecule has 0 aromatic heterocycles. The summed E-state index contributed by atoms with van der Waals surface area (Å²) in [5.74, 6) is -0.271. The average molecular weight is 341 g/mol. The second-order valence-corrected chi connectivity index (χ2v) is 6.22. The van der Waals surface area contributed by atoms with Crippen LogP contribution < -0.4 is 5.73 Å². The number of nitrogen functional groups attached to an aromatic ring is 1. The second-order valence-electron chi connectivity index (χ2n) is 6.22. The molecule has 0 saturated heterocycles. The van der Waals surface area contributed by atoms with Crippen molar-refractivity contribution < 1.29 is 9.53 Å². The summed E-state index contributed by atoms with van der Waals surface area (Å²) in [6.07, 6.45) is 6.43. The molecule has 2 rings (SSSR count). The topological polar surface area (TPSA) is 55.6 Å². The lowest BCUT2D eigenvalue weighted by Crippen LogP contribution is -2.41. The number of nitrogens with two attached hydrogens (primary N) is 1. The zero-order chi connectivity index (χ0) is 15.9. The number of halogens is 1. The fraction of sp³-hybridized carbons (Fsp3) is 0.611. The molecular weight excluding hydrogens is 312 g/mol. The molecule has 1 unspecified atom stereocenters. The predicted molar refractivity (Wildman–Crippen MR) is 97.1 cm³/mol. The lowest BCUT2D eigenvalue weighted by molar-refractivity contribution is 0.0189. The van der Waals surface area contributed by atoms with Crippen LogP contribution in [-0.4, -0.2) is 36.1 Å². The summed E-state index contributed by atoms with van der Waals surface area (Å²) in [6, 6.07) is 7.52. The van der Waals surface area contributed by atoms with E-state index in [0.717, 1.165) is 13.1 Å². The van der Waals surface area contributed by atoms with Crippen LogP contribution in [0.1, 0.15) is 56.3 Å². The van der Waals surface area contributed by atoms with Crippen LogP contribution in [0.5, 0.6) is 0 Å². The van der Waals surface area contributed by atoms with Gasteiger partial charge in [-0.05, 0) is 50.6 Å². The van der Waals surface area contributed by atoms with Crippen LogP contribution in [0.4, 0.5) is 5.69 Å². The summed E-state index contributed by atoms with van der Waals surface area (Å²) in [5.41, 5.74) is 6.84. The number of nitrogens with zero attached hydrogens (tertiary/aromatic N) is 1. The van der Waals surface area contributed by atoms with E-state index in [-0.39, 0.29) is 24.5 Å².